The molecule has 0 spiro atoms. The van der Waals surface area contributed by atoms with Crippen molar-refractivity contribution in [2.24, 2.45) is 5.92 Å². The Balaban J connectivity index is 1.92. The van der Waals surface area contributed by atoms with Crippen molar-refractivity contribution in [2.45, 2.75) is 12.8 Å². The second-order valence-electron chi connectivity index (χ2n) is 5.04. The molecule has 0 unspecified atom stereocenters. The summed E-state index contributed by atoms with van der Waals surface area (Å²) in [6, 6.07) is 3.22. The first-order valence-electron chi connectivity index (χ1n) is 6.75. The molecule has 110 valence electrons. The maximum absolute atomic E-state index is 11.5. The van der Waals surface area contributed by atoms with Crippen molar-refractivity contribution in [2.75, 3.05) is 44.5 Å². The van der Waals surface area contributed by atoms with Crippen molar-refractivity contribution < 1.29 is 14.3 Å². The van der Waals surface area contributed by atoms with Crippen LogP contribution in [0.5, 0.6) is 0 Å². The molecule has 0 aromatic carbocycles. The second-order valence-corrected chi connectivity index (χ2v) is 5.04. The van der Waals surface area contributed by atoms with Gasteiger partial charge in [-0.25, -0.2) is 9.78 Å². The molecule has 1 aromatic heterocycles. The van der Waals surface area contributed by atoms with Crippen LogP contribution in [0.15, 0.2) is 12.1 Å². The number of carbonyl (C=O) groups excluding carboxylic acids is 1. The molecular formula is C14H21N3O3. The molecule has 2 rings (SSSR count). The zero-order valence-corrected chi connectivity index (χ0v) is 12.0. The normalized spacial score (nSPS) is 14.1. The molecule has 6 nitrogen and oxygen atoms in total. The molecule has 2 N–H and O–H groups in total. The van der Waals surface area contributed by atoms with Gasteiger partial charge in [0.15, 0.2) is 11.5 Å². The van der Waals surface area contributed by atoms with E-state index in [1.165, 1.54) is 20.0 Å². The van der Waals surface area contributed by atoms with E-state index in [-0.39, 0.29) is 5.69 Å². The zero-order valence-electron chi connectivity index (χ0n) is 12.0. The summed E-state index contributed by atoms with van der Waals surface area (Å²) < 4.78 is 10.2. The van der Waals surface area contributed by atoms with E-state index in [1.54, 1.807) is 12.1 Å². The summed E-state index contributed by atoms with van der Waals surface area (Å²) in [5.41, 5.74) is 6.68. The lowest BCUT2D eigenvalue weighted by Gasteiger charge is -2.20. The molecule has 1 heterocycles. The Bertz CT molecular complexity index is 475. The van der Waals surface area contributed by atoms with Gasteiger partial charge in [-0.15, -0.1) is 0 Å². The number of pyridine rings is 1. The number of methoxy groups -OCH3 is 1. The number of aromatic nitrogens is 1. The number of anilines is 2. The summed E-state index contributed by atoms with van der Waals surface area (Å²) in [6.45, 7) is 2.13. The molecular weight excluding hydrogens is 258 g/mol. The van der Waals surface area contributed by atoms with Gasteiger partial charge in [-0.3, -0.25) is 0 Å². The van der Waals surface area contributed by atoms with E-state index in [0.717, 1.165) is 12.5 Å². The van der Waals surface area contributed by atoms with Crippen LogP contribution in [-0.2, 0) is 9.47 Å². The monoisotopic (exact) mass is 279 g/mol. The molecule has 1 aliphatic rings. The third-order valence-corrected chi connectivity index (χ3v) is 3.28. The molecule has 1 aromatic rings. The van der Waals surface area contributed by atoms with Gasteiger partial charge in [0.2, 0.25) is 0 Å². The lowest BCUT2D eigenvalue weighted by atomic mass is 10.3. The van der Waals surface area contributed by atoms with E-state index in [4.69, 9.17) is 10.5 Å². The average molecular weight is 279 g/mol. The Kier molecular flexibility index (Phi) is 4.79. The molecule has 0 amide bonds. The second kappa shape index (κ2) is 6.56. The maximum Gasteiger partial charge on any atom is 0.356 e. The highest BCUT2D eigenvalue weighted by Crippen LogP contribution is 2.28. The van der Waals surface area contributed by atoms with Gasteiger partial charge in [0.25, 0.3) is 0 Å². The molecule has 6 heteroatoms. The van der Waals surface area contributed by atoms with Gasteiger partial charge in [-0.1, -0.05) is 0 Å². The minimum atomic E-state index is -0.468. The topological polar surface area (TPSA) is 77.7 Å². The molecule has 0 saturated heterocycles. The number of carbonyl (C=O) groups is 1. The van der Waals surface area contributed by atoms with Gasteiger partial charge < -0.3 is 20.1 Å². The van der Waals surface area contributed by atoms with Crippen LogP contribution in [-0.4, -0.2) is 44.9 Å². The van der Waals surface area contributed by atoms with Crippen molar-refractivity contribution in [3.63, 3.8) is 0 Å². The summed E-state index contributed by atoms with van der Waals surface area (Å²) in [5, 5.41) is 0. The van der Waals surface area contributed by atoms with Crippen LogP contribution < -0.4 is 10.6 Å². The fourth-order valence-corrected chi connectivity index (χ4v) is 1.83. The van der Waals surface area contributed by atoms with E-state index in [9.17, 15) is 4.79 Å². The van der Waals surface area contributed by atoms with Crippen molar-refractivity contribution >= 4 is 17.5 Å². The van der Waals surface area contributed by atoms with E-state index in [1.807, 2.05) is 11.9 Å². The number of likely N-dealkylation sites (N-methyl/N-ethyl adjacent to an activating group) is 1. The zero-order chi connectivity index (χ0) is 14.5. The SMILES string of the molecule is COC(=O)c1ccc(N)c(N(C)CCOCC2CC2)n1. The largest absolute Gasteiger partial charge is 0.464 e. The maximum atomic E-state index is 11.5. The smallest absolute Gasteiger partial charge is 0.356 e. The van der Waals surface area contributed by atoms with E-state index >= 15 is 0 Å². The number of nitrogens with two attached hydrogens (primary N) is 1. The summed E-state index contributed by atoms with van der Waals surface area (Å²) in [7, 11) is 3.20. The highest BCUT2D eigenvalue weighted by Gasteiger charge is 2.21. The molecule has 1 fully saturated rings. The van der Waals surface area contributed by atoms with Crippen molar-refractivity contribution in [1.29, 1.82) is 0 Å². The van der Waals surface area contributed by atoms with Crippen LogP contribution in [0.1, 0.15) is 23.3 Å². The van der Waals surface area contributed by atoms with Gasteiger partial charge >= 0.3 is 5.97 Å². The number of rotatable bonds is 7. The van der Waals surface area contributed by atoms with Crippen molar-refractivity contribution in [3.05, 3.63) is 17.8 Å². The molecule has 0 bridgehead atoms. The van der Waals surface area contributed by atoms with Crippen LogP contribution in [0.3, 0.4) is 0 Å². The molecule has 0 radical (unpaired) electrons. The number of hydrogen-bond donors (Lipinski definition) is 1. The first kappa shape index (κ1) is 14.6. The Morgan fingerprint density at radius 1 is 1.50 bits per heavy atom. The third kappa shape index (κ3) is 3.84. The Hall–Kier alpha value is -1.82. The quantitative estimate of drug-likeness (QED) is 0.599. The molecule has 1 aliphatic carbocycles. The summed E-state index contributed by atoms with van der Waals surface area (Å²) >= 11 is 0. The highest BCUT2D eigenvalue weighted by molar-refractivity contribution is 5.88. The molecule has 1 saturated carbocycles. The van der Waals surface area contributed by atoms with E-state index < -0.39 is 5.97 Å². The number of nitrogen functional groups attached to an aromatic ring is 1. The number of esters is 1. The van der Waals surface area contributed by atoms with Gasteiger partial charge in [-0.05, 0) is 30.9 Å². The Morgan fingerprint density at radius 3 is 2.90 bits per heavy atom. The Morgan fingerprint density at radius 2 is 2.25 bits per heavy atom. The lowest BCUT2D eigenvalue weighted by Crippen LogP contribution is -2.25. The molecule has 0 aliphatic heterocycles. The van der Waals surface area contributed by atoms with Crippen LogP contribution in [0, 0.1) is 5.92 Å². The van der Waals surface area contributed by atoms with Crippen LogP contribution in [0.4, 0.5) is 11.5 Å². The Labute approximate surface area is 118 Å². The average Bonchev–Trinajstić information content (AvgIpc) is 3.27. The predicted octanol–water partition coefficient (Wildman–Crippen LogP) is 1.31. The fraction of sp³-hybridized carbons (Fsp3) is 0.571. The van der Waals surface area contributed by atoms with E-state index in [2.05, 4.69) is 9.72 Å². The van der Waals surface area contributed by atoms with Gasteiger partial charge in [-0.2, -0.15) is 0 Å². The summed E-state index contributed by atoms with van der Waals surface area (Å²) in [6.07, 6.45) is 2.57. The first-order valence-corrected chi connectivity index (χ1v) is 6.75. The summed E-state index contributed by atoms with van der Waals surface area (Å²) in [5.74, 6) is 0.860. The molecule has 0 atom stereocenters. The number of ether oxygens (including phenoxy) is 2. The summed E-state index contributed by atoms with van der Waals surface area (Å²) in [4.78, 5) is 17.6. The fourth-order valence-electron chi connectivity index (χ4n) is 1.83. The number of nitrogens with zero attached hydrogens (tertiary/aromatic N) is 2. The molecule has 20 heavy (non-hydrogen) atoms. The van der Waals surface area contributed by atoms with Crippen molar-refractivity contribution in [3.8, 4) is 0 Å². The predicted molar refractivity (Wildman–Crippen MR) is 76.8 cm³/mol. The van der Waals surface area contributed by atoms with Gasteiger partial charge in [0.05, 0.1) is 19.4 Å². The first-order chi connectivity index (χ1) is 9.61. The van der Waals surface area contributed by atoms with E-state index in [0.29, 0.717) is 24.7 Å². The highest BCUT2D eigenvalue weighted by atomic mass is 16.5. The standard InChI is InChI=1S/C14H21N3O3/c1-17(7-8-20-9-10-3-4-10)13-11(15)5-6-12(16-13)14(18)19-2/h5-6,10H,3-4,7-9,15H2,1-2H3. The lowest BCUT2D eigenvalue weighted by molar-refractivity contribution is 0.0594. The number of hydrogen-bond acceptors (Lipinski definition) is 6. The third-order valence-electron chi connectivity index (χ3n) is 3.28. The van der Waals surface area contributed by atoms with Crippen LogP contribution >= 0.6 is 0 Å². The van der Waals surface area contributed by atoms with Crippen LogP contribution in [0.25, 0.3) is 0 Å². The van der Waals surface area contributed by atoms with Gasteiger partial charge in [0.1, 0.15) is 0 Å². The minimum Gasteiger partial charge on any atom is -0.464 e. The van der Waals surface area contributed by atoms with Gasteiger partial charge in [0, 0.05) is 20.2 Å². The minimum absolute atomic E-state index is 0.252. The van der Waals surface area contributed by atoms with Crippen LogP contribution in [0.2, 0.25) is 0 Å². The van der Waals surface area contributed by atoms with Crippen molar-refractivity contribution in [1.82, 2.24) is 4.98 Å².